The van der Waals surface area contributed by atoms with E-state index < -0.39 is 0 Å². The largest absolute Gasteiger partial charge is 0.305 e. The third-order valence-corrected chi connectivity index (χ3v) is 3.17. The zero-order valence-corrected chi connectivity index (χ0v) is 9.73. The lowest BCUT2D eigenvalue weighted by Gasteiger charge is -2.22. The molecule has 0 saturated carbocycles. The Hall–Kier alpha value is -0.370. The van der Waals surface area contributed by atoms with Crippen LogP contribution in [0.5, 0.6) is 0 Å². The van der Waals surface area contributed by atoms with E-state index in [0.717, 1.165) is 32.2 Å². The fourth-order valence-electron chi connectivity index (χ4n) is 2.08. The third-order valence-electron chi connectivity index (χ3n) is 3.17. The topological polar surface area (TPSA) is 29.1 Å². The highest BCUT2D eigenvalue weighted by molar-refractivity contribution is 5.88. The van der Waals surface area contributed by atoms with Gasteiger partial charge in [0.05, 0.1) is 5.54 Å². The summed E-state index contributed by atoms with van der Waals surface area (Å²) in [5, 5.41) is 3.32. The molecule has 0 aliphatic carbocycles. The number of hydrogen-bond donors (Lipinski definition) is 1. The van der Waals surface area contributed by atoms with Gasteiger partial charge in [-0.05, 0) is 38.6 Å². The van der Waals surface area contributed by atoms with E-state index >= 15 is 0 Å². The summed E-state index contributed by atoms with van der Waals surface area (Å²) in [4.78, 5) is 11.9. The highest BCUT2D eigenvalue weighted by Gasteiger charge is 2.34. The zero-order valence-electron chi connectivity index (χ0n) is 9.73. The summed E-state index contributed by atoms with van der Waals surface area (Å²) < 4.78 is 0. The van der Waals surface area contributed by atoms with Crippen molar-refractivity contribution in [3.05, 3.63) is 0 Å². The molecule has 1 heterocycles. The first kappa shape index (κ1) is 11.7. The van der Waals surface area contributed by atoms with Crippen LogP contribution in [-0.4, -0.2) is 17.9 Å². The first-order chi connectivity index (χ1) is 6.54. The van der Waals surface area contributed by atoms with Crippen molar-refractivity contribution in [1.29, 1.82) is 0 Å². The van der Waals surface area contributed by atoms with Gasteiger partial charge in [-0.15, -0.1) is 0 Å². The van der Waals surface area contributed by atoms with Crippen molar-refractivity contribution in [3.8, 4) is 0 Å². The summed E-state index contributed by atoms with van der Waals surface area (Å²) in [7, 11) is 0. The van der Waals surface area contributed by atoms with Gasteiger partial charge in [0, 0.05) is 6.42 Å². The van der Waals surface area contributed by atoms with Gasteiger partial charge in [-0.1, -0.05) is 20.3 Å². The Balaban J connectivity index is 2.27. The molecular formula is C12H23NO. The fraction of sp³-hybridized carbons (Fsp3) is 0.917. The van der Waals surface area contributed by atoms with Gasteiger partial charge >= 0.3 is 0 Å². The van der Waals surface area contributed by atoms with Crippen LogP contribution in [0.3, 0.4) is 0 Å². The number of Topliss-reactive ketones (excluding diaryl/α,β-unsaturated/α-hetero) is 1. The van der Waals surface area contributed by atoms with Crippen LogP contribution in [0.2, 0.25) is 0 Å². The van der Waals surface area contributed by atoms with Gasteiger partial charge in [-0.25, -0.2) is 0 Å². The minimum absolute atomic E-state index is 0.197. The van der Waals surface area contributed by atoms with E-state index in [2.05, 4.69) is 26.1 Å². The number of carbonyl (C=O) groups excluding carboxylic acids is 1. The summed E-state index contributed by atoms with van der Waals surface area (Å²) >= 11 is 0. The quantitative estimate of drug-likeness (QED) is 0.733. The predicted octanol–water partition coefficient (Wildman–Crippen LogP) is 2.52. The maximum atomic E-state index is 11.9. The lowest BCUT2D eigenvalue weighted by Crippen LogP contribution is -2.44. The first-order valence-corrected chi connectivity index (χ1v) is 5.83. The highest BCUT2D eigenvalue weighted by atomic mass is 16.1. The van der Waals surface area contributed by atoms with Gasteiger partial charge < -0.3 is 5.32 Å². The summed E-state index contributed by atoms with van der Waals surface area (Å²) in [6.45, 7) is 7.48. The van der Waals surface area contributed by atoms with E-state index in [-0.39, 0.29) is 5.54 Å². The van der Waals surface area contributed by atoms with Crippen molar-refractivity contribution in [2.45, 2.75) is 58.4 Å². The Morgan fingerprint density at radius 2 is 2.21 bits per heavy atom. The number of carbonyl (C=O) groups is 1. The monoisotopic (exact) mass is 197 g/mol. The summed E-state index contributed by atoms with van der Waals surface area (Å²) in [5.74, 6) is 1.13. The van der Waals surface area contributed by atoms with Crippen molar-refractivity contribution < 1.29 is 4.79 Å². The normalized spacial score (nSPS) is 27.1. The Bertz CT molecular complexity index is 192. The van der Waals surface area contributed by atoms with Crippen molar-refractivity contribution in [2.24, 2.45) is 5.92 Å². The number of hydrogen-bond acceptors (Lipinski definition) is 2. The molecule has 1 atom stereocenters. The molecule has 1 aliphatic heterocycles. The van der Waals surface area contributed by atoms with Crippen molar-refractivity contribution >= 4 is 5.78 Å². The summed E-state index contributed by atoms with van der Waals surface area (Å²) in [6.07, 6.45) is 5.14. The van der Waals surface area contributed by atoms with Gasteiger partial charge in [0.2, 0.25) is 0 Å². The Kier molecular flexibility index (Phi) is 4.11. The molecule has 0 aromatic heterocycles. The van der Waals surface area contributed by atoms with Crippen LogP contribution in [0, 0.1) is 5.92 Å². The SMILES string of the molecule is CC(C)CCCC(=O)C1(C)CCCN1. The lowest BCUT2D eigenvalue weighted by atomic mass is 9.90. The second-order valence-corrected chi connectivity index (χ2v) is 5.07. The van der Waals surface area contributed by atoms with E-state index in [1.165, 1.54) is 6.42 Å². The lowest BCUT2D eigenvalue weighted by molar-refractivity contribution is -0.124. The predicted molar refractivity (Wildman–Crippen MR) is 59.3 cm³/mol. The molecule has 0 radical (unpaired) electrons. The van der Waals surface area contributed by atoms with Gasteiger partial charge in [0.1, 0.15) is 0 Å². The van der Waals surface area contributed by atoms with E-state index in [1.54, 1.807) is 0 Å². The molecule has 1 N–H and O–H groups in total. The molecule has 1 fully saturated rings. The Morgan fingerprint density at radius 3 is 2.71 bits per heavy atom. The van der Waals surface area contributed by atoms with Crippen molar-refractivity contribution in [3.63, 3.8) is 0 Å². The second-order valence-electron chi connectivity index (χ2n) is 5.07. The minimum Gasteiger partial charge on any atom is -0.305 e. The Morgan fingerprint density at radius 1 is 1.50 bits per heavy atom. The second kappa shape index (κ2) is 4.92. The molecule has 0 aromatic rings. The molecule has 1 aliphatic rings. The van der Waals surface area contributed by atoms with E-state index in [9.17, 15) is 4.79 Å². The standard InChI is InChI=1S/C12H23NO/c1-10(2)6-4-7-11(14)12(3)8-5-9-13-12/h10,13H,4-9H2,1-3H3. The maximum Gasteiger partial charge on any atom is 0.152 e. The average molecular weight is 197 g/mol. The molecule has 1 saturated heterocycles. The van der Waals surface area contributed by atoms with Crippen LogP contribution >= 0.6 is 0 Å². The smallest absolute Gasteiger partial charge is 0.152 e. The highest BCUT2D eigenvalue weighted by Crippen LogP contribution is 2.22. The van der Waals surface area contributed by atoms with Crippen LogP contribution < -0.4 is 5.32 Å². The third kappa shape index (κ3) is 3.09. The van der Waals surface area contributed by atoms with Gasteiger partial charge in [0.25, 0.3) is 0 Å². The molecule has 2 heteroatoms. The van der Waals surface area contributed by atoms with Crippen molar-refractivity contribution in [2.75, 3.05) is 6.54 Å². The number of ketones is 1. The minimum atomic E-state index is -0.197. The van der Waals surface area contributed by atoms with E-state index in [1.807, 2.05) is 0 Å². The molecule has 0 amide bonds. The maximum absolute atomic E-state index is 11.9. The van der Waals surface area contributed by atoms with Crippen LogP contribution in [0.1, 0.15) is 52.9 Å². The summed E-state index contributed by atoms with van der Waals surface area (Å²) in [6, 6.07) is 0. The molecule has 2 nitrogen and oxygen atoms in total. The van der Waals surface area contributed by atoms with Crippen LogP contribution in [0.25, 0.3) is 0 Å². The molecule has 0 spiro atoms. The van der Waals surface area contributed by atoms with Gasteiger partial charge in [-0.2, -0.15) is 0 Å². The molecule has 14 heavy (non-hydrogen) atoms. The van der Waals surface area contributed by atoms with Crippen LogP contribution in [-0.2, 0) is 4.79 Å². The number of rotatable bonds is 5. The molecule has 0 bridgehead atoms. The molecule has 0 aromatic carbocycles. The Labute approximate surface area is 87.5 Å². The summed E-state index contributed by atoms with van der Waals surface area (Å²) in [5.41, 5.74) is -0.197. The zero-order chi connectivity index (χ0) is 10.6. The van der Waals surface area contributed by atoms with E-state index in [4.69, 9.17) is 0 Å². The average Bonchev–Trinajstić information content (AvgIpc) is 2.52. The fourth-order valence-corrected chi connectivity index (χ4v) is 2.08. The number of nitrogens with one attached hydrogen (secondary N) is 1. The molecular weight excluding hydrogens is 174 g/mol. The first-order valence-electron chi connectivity index (χ1n) is 5.83. The molecule has 1 rings (SSSR count). The molecule has 1 unspecified atom stereocenters. The molecule has 82 valence electrons. The van der Waals surface area contributed by atoms with Gasteiger partial charge in [0.15, 0.2) is 5.78 Å². The van der Waals surface area contributed by atoms with Crippen LogP contribution in [0.4, 0.5) is 0 Å². The van der Waals surface area contributed by atoms with Crippen molar-refractivity contribution in [1.82, 2.24) is 5.32 Å². The van der Waals surface area contributed by atoms with E-state index in [0.29, 0.717) is 11.7 Å². The van der Waals surface area contributed by atoms with Crippen LogP contribution in [0.15, 0.2) is 0 Å². The van der Waals surface area contributed by atoms with Gasteiger partial charge in [-0.3, -0.25) is 4.79 Å².